The zero-order valence-corrected chi connectivity index (χ0v) is 11.0. The average molecular weight is 271 g/mol. The van der Waals surface area contributed by atoms with Crippen molar-refractivity contribution in [3.63, 3.8) is 0 Å². The second kappa shape index (κ2) is 4.23. The number of carbonyl (C=O) groups is 2. The predicted octanol–water partition coefficient (Wildman–Crippen LogP) is 0.828. The highest BCUT2D eigenvalue weighted by molar-refractivity contribution is 6.01. The summed E-state index contributed by atoms with van der Waals surface area (Å²) in [7, 11) is 1.64. The number of rotatable bonds is 2. The fourth-order valence-corrected chi connectivity index (χ4v) is 2.09. The maximum atomic E-state index is 12.1. The van der Waals surface area contributed by atoms with Crippen LogP contribution in [0, 0.1) is 11.3 Å². The first kappa shape index (κ1) is 12.5. The fourth-order valence-electron chi connectivity index (χ4n) is 2.09. The molecule has 20 heavy (non-hydrogen) atoms. The first-order valence-electron chi connectivity index (χ1n) is 6.32. The molecule has 1 aliphatic carbocycles. The number of ether oxygens (including phenoxy) is 1. The van der Waals surface area contributed by atoms with Gasteiger partial charge >= 0.3 is 0 Å². The molecule has 0 bridgehead atoms. The van der Waals surface area contributed by atoms with Gasteiger partial charge in [0, 0.05) is 12.6 Å². The Morgan fingerprint density at radius 1 is 1.50 bits per heavy atom. The molecule has 6 heteroatoms. The van der Waals surface area contributed by atoms with Gasteiger partial charge in [-0.15, -0.1) is 0 Å². The smallest absolute Gasteiger partial charge is 0.264 e. The number of nitriles is 1. The molecule has 1 heterocycles. The molecular formula is C14H13N3O3. The van der Waals surface area contributed by atoms with Crippen LogP contribution in [0.3, 0.4) is 0 Å². The number of benzene rings is 1. The van der Waals surface area contributed by atoms with Crippen molar-refractivity contribution in [1.29, 1.82) is 5.26 Å². The quantitative estimate of drug-likeness (QED) is 0.863. The Balaban J connectivity index is 1.87. The van der Waals surface area contributed by atoms with Crippen LogP contribution in [0.1, 0.15) is 23.2 Å². The van der Waals surface area contributed by atoms with Crippen molar-refractivity contribution < 1.29 is 14.3 Å². The van der Waals surface area contributed by atoms with Crippen molar-refractivity contribution in [3.05, 3.63) is 23.8 Å². The van der Waals surface area contributed by atoms with E-state index in [0.29, 0.717) is 29.8 Å². The Hall–Kier alpha value is -2.55. The second-order valence-corrected chi connectivity index (χ2v) is 5.07. The molecule has 1 aromatic rings. The molecule has 1 saturated carbocycles. The topological polar surface area (TPSA) is 82.4 Å². The van der Waals surface area contributed by atoms with Gasteiger partial charge in [0.05, 0.1) is 11.8 Å². The van der Waals surface area contributed by atoms with Crippen LogP contribution in [0.2, 0.25) is 0 Å². The maximum absolute atomic E-state index is 12.1. The minimum Gasteiger partial charge on any atom is -0.482 e. The fraction of sp³-hybridized carbons (Fsp3) is 0.357. The third-order valence-corrected chi connectivity index (χ3v) is 3.62. The highest BCUT2D eigenvalue weighted by Gasteiger charge is 2.44. The third-order valence-electron chi connectivity index (χ3n) is 3.62. The summed E-state index contributed by atoms with van der Waals surface area (Å²) in [6.07, 6.45) is 1.36. The molecule has 0 unspecified atom stereocenters. The van der Waals surface area contributed by atoms with Crippen molar-refractivity contribution in [2.24, 2.45) is 0 Å². The highest BCUT2D eigenvalue weighted by atomic mass is 16.5. The summed E-state index contributed by atoms with van der Waals surface area (Å²) in [6.45, 7) is 0.00653. The van der Waals surface area contributed by atoms with E-state index in [2.05, 4.69) is 11.4 Å². The number of amides is 2. The normalized spacial score (nSPS) is 18.6. The SMILES string of the molecule is CN1C(=O)COc2ccc(C(=O)NC3(C#N)CC3)cc21. The van der Waals surface area contributed by atoms with Crippen LogP contribution in [-0.2, 0) is 4.79 Å². The molecule has 1 aliphatic heterocycles. The molecule has 0 saturated heterocycles. The van der Waals surface area contributed by atoms with Gasteiger partial charge in [0.1, 0.15) is 11.3 Å². The minimum atomic E-state index is -0.703. The molecule has 2 aliphatic rings. The van der Waals surface area contributed by atoms with Gasteiger partial charge in [-0.05, 0) is 31.0 Å². The lowest BCUT2D eigenvalue weighted by molar-refractivity contribution is -0.120. The summed E-state index contributed by atoms with van der Waals surface area (Å²) in [5.41, 5.74) is 0.275. The summed E-state index contributed by atoms with van der Waals surface area (Å²) in [4.78, 5) is 25.2. The molecule has 0 atom stereocenters. The number of likely N-dealkylation sites (N-methyl/N-ethyl adjacent to an activating group) is 1. The van der Waals surface area contributed by atoms with E-state index in [-0.39, 0.29) is 18.4 Å². The number of nitrogens with one attached hydrogen (secondary N) is 1. The first-order chi connectivity index (χ1) is 9.54. The van der Waals surface area contributed by atoms with Crippen LogP contribution >= 0.6 is 0 Å². The van der Waals surface area contributed by atoms with E-state index in [1.54, 1.807) is 25.2 Å². The van der Waals surface area contributed by atoms with E-state index in [4.69, 9.17) is 10.00 Å². The molecule has 3 rings (SSSR count). The monoisotopic (exact) mass is 271 g/mol. The van der Waals surface area contributed by atoms with Crippen molar-refractivity contribution in [3.8, 4) is 11.8 Å². The molecule has 1 aromatic carbocycles. The predicted molar refractivity (Wildman–Crippen MR) is 70.4 cm³/mol. The Bertz CT molecular complexity index is 644. The van der Waals surface area contributed by atoms with E-state index < -0.39 is 5.54 Å². The van der Waals surface area contributed by atoms with Gasteiger partial charge in [0.15, 0.2) is 6.61 Å². The molecule has 1 N–H and O–H groups in total. The van der Waals surface area contributed by atoms with Gasteiger partial charge in [-0.3, -0.25) is 9.59 Å². The highest BCUT2D eigenvalue weighted by Crippen LogP contribution is 2.35. The number of carbonyl (C=O) groups excluding carboxylic acids is 2. The van der Waals surface area contributed by atoms with Crippen LogP contribution in [0.25, 0.3) is 0 Å². The lowest BCUT2D eigenvalue weighted by Gasteiger charge is -2.26. The van der Waals surface area contributed by atoms with Gasteiger partial charge < -0.3 is 15.0 Å². The van der Waals surface area contributed by atoms with Crippen LogP contribution in [-0.4, -0.2) is 31.0 Å². The number of fused-ring (bicyclic) bond motifs is 1. The maximum Gasteiger partial charge on any atom is 0.264 e. The Labute approximate surface area is 115 Å². The van der Waals surface area contributed by atoms with Gasteiger partial charge in [0.2, 0.25) is 0 Å². The average Bonchev–Trinajstić information content (AvgIpc) is 3.23. The molecule has 2 amide bonds. The van der Waals surface area contributed by atoms with E-state index in [1.807, 2.05) is 0 Å². The molecule has 6 nitrogen and oxygen atoms in total. The zero-order valence-electron chi connectivity index (χ0n) is 11.0. The summed E-state index contributed by atoms with van der Waals surface area (Å²) in [5.74, 6) is 0.106. The zero-order chi connectivity index (χ0) is 14.3. The molecular weight excluding hydrogens is 258 g/mol. The molecule has 0 aromatic heterocycles. The summed E-state index contributed by atoms with van der Waals surface area (Å²) in [5, 5.41) is 11.7. The summed E-state index contributed by atoms with van der Waals surface area (Å²) >= 11 is 0. The number of hydrogen-bond acceptors (Lipinski definition) is 4. The number of hydrogen-bond donors (Lipinski definition) is 1. The van der Waals surface area contributed by atoms with Crippen molar-refractivity contribution in [2.45, 2.75) is 18.4 Å². The summed E-state index contributed by atoms with van der Waals surface area (Å²) < 4.78 is 5.30. The molecule has 0 spiro atoms. The van der Waals surface area contributed by atoms with E-state index in [0.717, 1.165) is 0 Å². The molecule has 0 radical (unpaired) electrons. The molecule has 1 fully saturated rings. The minimum absolute atomic E-state index is 0.00653. The van der Waals surface area contributed by atoms with Crippen LogP contribution in [0.5, 0.6) is 5.75 Å². The number of nitrogens with zero attached hydrogens (tertiary/aromatic N) is 2. The van der Waals surface area contributed by atoms with Gasteiger partial charge in [-0.1, -0.05) is 0 Å². The standard InChI is InChI=1S/C14H13N3O3/c1-17-10-6-9(2-3-11(10)20-7-12(17)18)13(19)16-14(8-15)4-5-14/h2-3,6H,4-5,7H2,1H3,(H,16,19). The Morgan fingerprint density at radius 3 is 2.90 bits per heavy atom. The van der Waals surface area contributed by atoms with Crippen molar-refractivity contribution in [1.82, 2.24) is 5.32 Å². The van der Waals surface area contributed by atoms with Gasteiger partial charge in [-0.2, -0.15) is 5.26 Å². The Kier molecular flexibility index (Phi) is 2.64. The van der Waals surface area contributed by atoms with E-state index >= 15 is 0 Å². The van der Waals surface area contributed by atoms with Crippen molar-refractivity contribution in [2.75, 3.05) is 18.6 Å². The van der Waals surface area contributed by atoms with Crippen LogP contribution in [0.4, 0.5) is 5.69 Å². The second-order valence-electron chi connectivity index (χ2n) is 5.07. The van der Waals surface area contributed by atoms with Gasteiger partial charge in [-0.25, -0.2) is 0 Å². The third kappa shape index (κ3) is 1.97. The lowest BCUT2D eigenvalue weighted by atomic mass is 10.1. The number of anilines is 1. The van der Waals surface area contributed by atoms with E-state index in [9.17, 15) is 9.59 Å². The lowest BCUT2D eigenvalue weighted by Crippen LogP contribution is -2.37. The Morgan fingerprint density at radius 2 is 2.25 bits per heavy atom. The van der Waals surface area contributed by atoms with Crippen LogP contribution in [0.15, 0.2) is 18.2 Å². The molecule has 102 valence electrons. The first-order valence-corrected chi connectivity index (χ1v) is 6.32. The van der Waals surface area contributed by atoms with Crippen molar-refractivity contribution >= 4 is 17.5 Å². The van der Waals surface area contributed by atoms with Gasteiger partial charge in [0.25, 0.3) is 11.8 Å². The van der Waals surface area contributed by atoms with E-state index in [1.165, 1.54) is 4.90 Å². The van der Waals surface area contributed by atoms with Crippen LogP contribution < -0.4 is 15.0 Å². The summed E-state index contributed by atoms with van der Waals surface area (Å²) in [6, 6.07) is 7.01. The largest absolute Gasteiger partial charge is 0.482 e.